The van der Waals surface area contributed by atoms with Gasteiger partial charge in [0.15, 0.2) is 0 Å². The smallest absolute Gasteiger partial charge is 0.0410 e. The third kappa shape index (κ3) is 1.34. The van der Waals surface area contributed by atoms with E-state index < -0.39 is 0 Å². The summed E-state index contributed by atoms with van der Waals surface area (Å²) in [6.07, 6.45) is 4.17. The zero-order valence-corrected chi connectivity index (χ0v) is 7.86. The summed E-state index contributed by atoms with van der Waals surface area (Å²) >= 11 is 5.24. The maximum Gasteiger partial charge on any atom is 0.0410 e. The molecule has 1 nitrogen and oxygen atoms in total. The van der Waals surface area contributed by atoms with E-state index in [0.717, 1.165) is 5.92 Å². The van der Waals surface area contributed by atoms with Crippen LogP contribution < -0.4 is 0 Å². The number of hydrogen-bond acceptors (Lipinski definition) is 2. The third-order valence-electron chi connectivity index (χ3n) is 3.12. The second-order valence-electron chi connectivity index (χ2n) is 3.84. The molecule has 2 heteroatoms. The van der Waals surface area contributed by atoms with Gasteiger partial charge < -0.3 is 0 Å². The van der Waals surface area contributed by atoms with E-state index in [1.54, 1.807) is 0 Å². The Hall–Kier alpha value is 0.0500. The SMILES string of the molecule is CC(=S)[C@H]1CC2CCN1CC2. The Morgan fingerprint density at radius 2 is 2.00 bits per heavy atom. The van der Waals surface area contributed by atoms with Gasteiger partial charge in [-0.1, -0.05) is 12.2 Å². The standard InChI is InChI=1S/C9H15NS/c1-7(11)9-6-8-2-4-10(9)5-3-8/h8-9H,2-6H2,1H3/t9-/m1/s1. The van der Waals surface area contributed by atoms with E-state index >= 15 is 0 Å². The van der Waals surface area contributed by atoms with E-state index in [2.05, 4.69) is 11.8 Å². The van der Waals surface area contributed by atoms with Crippen molar-refractivity contribution >= 4 is 17.1 Å². The molecule has 0 unspecified atom stereocenters. The summed E-state index contributed by atoms with van der Waals surface area (Å²) in [6.45, 7) is 4.69. The number of hydrogen-bond donors (Lipinski definition) is 0. The molecule has 0 spiro atoms. The van der Waals surface area contributed by atoms with Crippen molar-refractivity contribution in [3.63, 3.8) is 0 Å². The first kappa shape index (κ1) is 7.69. The van der Waals surface area contributed by atoms with E-state index in [9.17, 15) is 0 Å². The van der Waals surface area contributed by atoms with Crippen molar-refractivity contribution in [2.24, 2.45) is 5.92 Å². The molecular weight excluding hydrogens is 154 g/mol. The van der Waals surface area contributed by atoms with Crippen LogP contribution in [0.3, 0.4) is 0 Å². The molecule has 0 amide bonds. The van der Waals surface area contributed by atoms with Crippen LogP contribution in [0.15, 0.2) is 0 Å². The first-order valence-electron chi connectivity index (χ1n) is 4.52. The van der Waals surface area contributed by atoms with Crippen molar-refractivity contribution in [3.05, 3.63) is 0 Å². The molecule has 0 aromatic rings. The first-order chi connectivity index (χ1) is 5.27. The molecule has 3 saturated heterocycles. The monoisotopic (exact) mass is 169 g/mol. The van der Waals surface area contributed by atoms with Gasteiger partial charge in [0, 0.05) is 10.9 Å². The fourth-order valence-electron chi connectivity index (χ4n) is 2.39. The van der Waals surface area contributed by atoms with E-state index in [1.165, 1.54) is 37.2 Å². The third-order valence-corrected chi connectivity index (χ3v) is 3.39. The van der Waals surface area contributed by atoms with Gasteiger partial charge in [0.05, 0.1) is 0 Å². The zero-order valence-electron chi connectivity index (χ0n) is 7.05. The lowest BCUT2D eigenvalue weighted by molar-refractivity contribution is 0.0837. The average Bonchev–Trinajstić information content (AvgIpc) is 2.06. The Kier molecular flexibility index (Phi) is 1.98. The predicted molar refractivity (Wildman–Crippen MR) is 51.0 cm³/mol. The Labute approximate surface area is 73.8 Å². The summed E-state index contributed by atoms with van der Waals surface area (Å²) in [5.41, 5.74) is 0. The summed E-state index contributed by atoms with van der Waals surface area (Å²) < 4.78 is 0. The number of fused-ring (bicyclic) bond motifs is 3. The molecule has 1 atom stereocenters. The molecule has 3 fully saturated rings. The summed E-state index contributed by atoms with van der Waals surface area (Å²) in [6, 6.07) is 0.650. The normalized spacial score (nSPS) is 42.5. The maximum absolute atomic E-state index is 5.24. The molecule has 62 valence electrons. The van der Waals surface area contributed by atoms with E-state index in [1.807, 2.05) is 0 Å². The fourth-order valence-corrected chi connectivity index (χ4v) is 2.63. The van der Waals surface area contributed by atoms with Crippen LogP contribution in [0.2, 0.25) is 0 Å². The minimum Gasteiger partial charge on any atom is -0.296 e. The van der Waals surface area contributed by atoms with Gasteiger partial charge in [0.2, 0.25) is 0 Å². The van der Waals surface area contributed by atoms with Gasteiger partial charge in [-0.05, 0) is 45.2 Å². The molecule has 3 rings (SSSR count). The highest BCUT2D eigenvalue weighted by atomic mass is 32.1. The molecule has 0 aliphatic carbocycles. The number of nitrogens with zero attached hydrogens (tertiary/aromatic N) is 1. The molecule has 0 saturated carbocycles. The highest BCUT2D eigenvalue weighted by Gasteiger charge is 2.33. The Morgan fingerprint density at radius 1 is 1.36 bits per heavy atom. The van der Waals surface area contributed by atoms with E-state index in [0.29, 0.717) is 6.04 Å². The van der Waals surface area contributed by atoms with Gasteiger partial charge in [0.25, 0.3) is 0 Å². The highest BCUT2D eigenvalue weighted by Crippen LogP contribution is 2.32. The van der Waals surface area contributed by atoms with Gasteiger partial charge in [-0.3, -0.25) is 4.90 Å². The summed E-state index contributed by atoms with van der Waals surface area (Å²) in [7, 11) is 0. The van der Waals surface area contributed by atoms with Crippen LogP contribution in [-0.2, 0) is 0 Å². The number of thiocarbonyl (C=S) groups is 1. The molecule has 2 bridgehead atoms. The van der Waals surface area contributed by atoms with Gasteiger partial charge in [-0.2, -0.15) is 0 Å². The largest absolute Gasteiger partial charge is 0.296 e. The highest BCUT2D eigenvalue weighted by molar-refractivity contribution is 7.80. The van der Waals surface area contributed by atoms with Gasteiger partial charge in [-0.25, -0.2) is 0 Å². The number of rotatable bonds is 1. The van der Waals surface area contributed by atoms with Gasteiger partial charge in [-0.15, -0.1) is 0 Å². The fraction of sp³-hybridized carbons (Fsp3) is 0.889. The topological polar surface area (TPSA) is 3.24 Å². The predicted octanol–water partition coefficient (Wildman–Crippen LogP) is 1.86. The van der Waals surface area contributed by atoms with Crippen LogP contribution in [0.1, 0.15) is 26.2 Å². The first-order valence-corrected chi connectivity index (χ1v) is 4.92. The van der Waals surface area contributed by atoms with Crippen LogP contribution in [-0.4, -0.2) is 28.9 Å². The quantitative estimate of drug-likeness (QED) is 0.551. The lowest BCUT2D eigenvalue weighted by Crippen LogP contribution is -2.51. The van der Waals surface area contributed by atoms with Crippen molar-refractivity contribution in [2.75, 3.05) is 13.1 Å². The lowest BCUT2D eigenvalue weighted by Gasteiger charge is -2.45. The average molecular weight is 169 g/mol. The molecule has 11 heavy (non-hydrogen) atoms. The Balaban J connectivity index is 2.08. The van der Waals surface area contributed by atoms with Crippen LogP contribution in [0.4, 0.5) is 0 Å². The summed E-state index contributed by atoms with van der Waals surface area (Å²) in [5.74, 6) is 0.989. The van der Waals surface area contributed by atoms with Crippen molar-refractivity contribution in [1.29, 1.82) is 0 Å². The van der Waals surface area contributed by atoms with Crippen LogP contribution in [0, 0.1) is 5.92 Å². The Bertz CT molecular complexity index is 170. The molecule has 0 radical (unpaired) electrons. The second kappa shape index (κ2) is 2.83. The lowest BCUT2D eigenvalue weighted by atomic mass is 9.82. The van der Waals surface area contributed by atoms with Crippen molar-refractivity contribution < 1.29 is 0 Å². The number of piperidine rings is 3. The summed E-state index contributed by atoms with van der Waals surface area (Å²) in [4.78, 5) is 3.76. The molecule has 0 aromatic heterocycles. The van der Waals surface area contributed by atoms with Crippen LogP contribution >= 0.6 is 12.2 Å². The zero-order chi connectivity index (χ0) is 7.84. The molecule has 3 aliphatic rings. The van der Waals surface area contributed by atoms with Gasteiger partial charge in [0.1, 0.15) is 0 Å². The van der Waals surface area contributed by atoms with Gasteiger partial charge >= 0.3 is 0 Å². The van der Waals surface area contributed by atoms with Crippen molar-refractivity contribution in [2.45, 2.75) is 32.2 Å². The molecule has 0 N–H and O–H groups in total. The van der Waals surface area contributed by atoms with E-state index in [-0.39, 0.29) is 0 Å². The second-order valence-corrected chi connectivity index (χ2v) is 4.49. The Morgan fingerprint density at radius 3 is 2.27 bits per heavy atom. The molecular formula is C9H15NS. The van der Waals surface area contributed by atoms with Crippen molar-refractivity contribution in [3.8, 4) is 0 Å². The van der Waals surface area contributed by atoms with Crippen LogP contribution in [0.25, 0.3) is 0 Å². The van der Waals surface area contributed by atoms with Crippen molar-refractivity contribution in [1.82, 2.24) is 4.90 Å². The maximum atomic E-state index is 5.24. The molecule has 3 heterocycles. The minimum atomic E-state index is 0.650. The molecule has 3 aliphatic heterocycles. The molecule has 0 aromatic carbocycles. The summed E-state index contributed by atoms with van der Waals surface area (Å²) in [5, 5.41) is 0. The minimum absolute atomic E-state index is 0.650. The van der Waals surface area contributed by atoms with Crippen LogP contribution in [0.5, 0.6) is 0 Å². The van der Waals surface area contributed by atoms with E-state index in [4.69, 9.17) is 12.2 Å².